The van der Waals surface area contributed by atoms with Crippen LogP contribution in [0.25, 0.3) is 0 Å². The lowest BCUT2D eigenvalue weighted by Crippen LogP contribution is -2.50. The van der Waals surface area contributed by atoms with E-state index in [1.807, 2.05) is 27.3 Å². The molecule has 1 heterocycles. The second kappa shape index (κ2) is 7.04. The molecular formula is C15H29N5O. The number of likely N-dealkylation sites (N-methyl/N-ethyl adjacent to an activating group) is 1. The minimum atomic E-state index is -0.378. The zero-order valence-electron chi connectivity index (χ0n) is 14.3. The minimum absolute atomic E-state index is 0.00755. The van der Waals surface area contributed by atoms with Crippen molar-refractivity contribution in [1.29, 1.82) is 0 Å². The summed E-state index contributed by atoms with van der Waals surface area (Å²) in [4.78, 5) is 14.6. The van der Waals surface area contributed by atoms with Crippen molar-refractivity contribution >= 4 is 5.91 Å². The van der Waals surface area contributed by atoms with Gasteiger partial charge in [0, 0.05) is 31.4 Å². The van der Waals surface area contributed by atoms with E-state index in [1.165, 1.54) is 0 Å². The van der Waals surface area contributed by atoms with Gasteiger partial charge in [-0.1, -0.05) is 13.8 Å². The van der Waals surface area contributed by atoms with Crippen molar-refractivity contribution < 1.29 is 4.79 Å². The van der Waals surface area contributed by atoms with E-state index < -0.39 is 0 Å². The van der Waals surface area contributed by atoms with Gasteiger partial charge >= 0.3 is 0 Å². The molecule has 0 bridgehead atoms. The molecule has 1 aromatic heterocycles. The molecule has 120 valence electrons. The summed E-state index contributed by atoms with van der Waals surface area (Å²) in [6.45, 7) is 7.29. The Labute approximate surface area is 127 Å². The van der Waals surface area contributed by atoms with Crippen molar-refractivity contribution in [2.24, 2.45) is 12.5 Å². The normalized spacial score (nSPS) is 15.0. The van der Waals surface area contributed by atoms with Crippen molar-refractivity contribution in [2.45, 2.75) is 32.9 Å². The van der Waals surface area contributed by atoms with E-state index in [-0.39, 0.29) is 23.4 Å². The van der Waals surface area contributed by atoms with Crippen LogP contribution < -0.4 is 10.6 Å². The summed E-state index contributed by atoms with van der Waals surface area (Å²) in [5.41, 5.74) is 0.863. The number of nitrogens with zero attached hydrogens (tertiary/aromatic N) is 3. The van der Waals surface area contributed by atoms with Gasteiger partial charge < -0.3 is 15.5 Å². The maximum atomic E-state index is 12.5. The summed E-state index contributed by atoms with van der Waals surface area (Å²) in [5, 5.41) is 10.3. The van der Waals surface area contributed by atoms with Gasteiger partial charge in [0.2, 0.25) is 5.91 Å². The number of carbonyl (C=O) groups excluding carboxylic acids is 1. The molecule has 0 aliphatic rings. The van der Waals surface area contributed by atoms with Gasteiger partial charge in [-0.3, -0.25) is 9.48 Å². The van der Waals surface area contributed by atoms with Gasteiger partial charge in [0.1, 0.15) is 6.04 Å². The van der Waals surface area contributed by atoms with Crippen LogP contribution in [0.15, 0.2) is 12.4 Å². The SMILES string of the molecule is CNC(C(=O)NC(C)C(C)(C)CN(C)C)c1cnn(C)c1. The second-order valence-electron chi connectivity index (χ2n) is 6.63. The lowest BCUT2D eigenvalue weighted by Gasteiger charge is -2.35. The van der Waals surface area contributed by atoms with Crippen LogP contribution >= 0.6 is 0 Å². The zero-order valence-corrected chi connectivity index (χ0v) is 14.3. The quantitative estimate of drug-likeness (QED) is 0.780. The molecule has 0 spiro atoms. The van der Waals surface area contributed by atoms with Crippen LogP contribution in [-0.4, -0.2) is 54.3 Å². The van der Waals surface area contributed by atoms with E-state index in [0.29, 0.717) is 0 Å². The molecule has 0 aliphatic heterocycles. The fourth-order valence-corrected chi connectivity index (χ4v) is 2.48. The molecule has 2 unspecified atom stereocenters. The molecule has 21 heavy (non-hydrogen) atoms. The van der Waals surface area contributed by atoms with Crippen LogP contribution in [0.2, 0.25) is 0 Å². The third-order valence-electron chi connectivity index (χ3n) is 3.86. The Balaban J connectivity index is 2.74. The average Bonchev–Trinajstić information content (AvgIpc) is 2.74. The van der Waals surface area contributed by atoms with Gasteiger partial charge in [-0.15, -0.1) is 0 Å². The predicted molar refractivity (Wildman–Crippen MR) is 84.9 cm³/mol. The highest BCUT2D eigenvalue weighted by molar-refractivity contribution is 5.83. The Morgan fingerprint density at radius 3 is 2.52 bits per heavy atom. The first-order valence-corrected chi connectivity index (χ1v) is 7.28. The van der Waals surface area contributed by atoms with E-state index in [4.69, 9.17) is 0 Å². The number of hydrogen-bond donors (Lipinski definition) is 2. The van der Waals surface area contributed by atoms with E-state index in [1.54, 1.807) is 17.9 Å². The first-order valence-electron chi connectivity index (χ1n) is 7.28. The minimum Gasteiger partial charge on any atom is -0.351 e. The molecule has 1 rings (SSSR count). The van der Waals surface area contributed by atoms with Gasteiger partial charge in [0.25, 0.3) is 0 Å². The van der Waals surface area contributed by atoms with Crippen molar-refractivity contribution in [3.8, 4) is 0 Å². The van der Waals surface area contributed by atoms with Gasteiger partial charge in [-0.2, -0.15) is 5.10 Å². The first-order chi connectivity index (χ1) is 9.67. The number of rotatable bonds is 7. The molecule has 0 saturated carbocycles. The summed E-state index contributed by atoms with van der Waals surface area (Å²) < 4.78 is 1.70. The Morgan fingerprint density at radius 2 is 2.10 bits per heavy atom. The summed E-state index contributed by atoms with van der Waals surface area (Å²) in [5.74, 6) is -0.0233. The number of amides is 1. The maximum absolute atomic E-state index is 12.5. The zero-order chi connectivity index (χ0) is 16.2. The molecule has 2 N–H and O–H groups in total. The van der Waals surface area contributed by atoms with E-state index in [2.05, 4.69) is 41.4 Å². The molecule has 0 aromatic carbocycles. The standard InChI is InChI=1S/C15H29N5O/c1-11(15(2,3)10-19(5)6)18-14(21)13(16-4)12-8-17-20(7)9-12/h8-9,11,13,16H,10H2,1-7H3,(H,18,21). The summed E-state index contributed by atoms with van der Waals surface area (Å²) in [6, 6.07) is -0.309. The van der Waals surface area contributed by atoms with Gasteiger partial charge in [0.05, 0.1) is 6.20 Å². The van der Waals surface area contributed by atoms with Gasteiger partial charge in [-0.25, -0.2) is 0 Å². The largest absolute Gasteiger partial charge is 0.351 e. The molecule has 0 radical (unpaired) electrons. The van der Waals surface area contributed by atoms with Crippen LogP contribution in [0.4, 0.5) is 0 Å². The van der Waals surface area contributed by atoms with E-state index >= 15 is 0 Å². The Bertz CT molecular complexity index is 466. The highest BCUT2D eigenvalue weighted by Crippen LogP contribution is 2.22. The number of carbonyl (C=O) groups is 1. The fraction of sp³-hybridized carbons (Fsp3) is 0.733. The number of nitrogens with one attached hydrogen (secondary N) is 2. The van der Waals surface area contributed by atoms with Gasteiger partial charge in [-0.05, 0) is 33.5 Å². The molecule has 6 nitrogen and oxygen atoms in total. The highest BCUT2D eigenvalue weighted by Gasteiger charge is 2.30. The Hall–Kier alpha value is -1.40. The third kappa shape index (κ3) is 4.82. The Morgan fingerprint density at radius 1 is 1.48 bits per heavy atom. The molecule has 6 heteroatoms. The molecular weight excluding hydrogens is 266 g/mol. The number of hydrogen-bond acceptors (Lipinski definition) is 4. The molecule has 1 amide bonds. The molecule has 0 aliphatic carbocycles. The van der Waals surface area contributed by atoms with Crippen LogP contribution in [0, 0.1) is 5.41 Å². The lowest BCUT2D eigenvalue weighted by atomic mass is 9.84. The van der Waals surface area contributed by atoms with Crippen LogP contribution in [0.1, 0.15) is 32.4 Å². The third-order valence-corrected chi connectivity index (χ3v) is 3.86. The van der Waals surface area contributed by atoms with Crippen molar-refractivity contribution in [1.82, 2.24) is 25.3 Å². The second-order valence-corrected chi connectivity index (χ2v) is 6.63. The van der Waals surface area contributed by atoms with Crippen LogP contribution in [0.3, 0.4) is 0 Å². The van der Waals surface area contributed by atoms with Crippen molar-refractivity contribution in [3.63, 3.8) is 0 Å². The van der Waals surface area contributed by atoms with E-state index in [0.717, 1.165) is 12.1 Å². The summed E-state index contributed by atoms with van der Waals surface area (Å²) in [6.07, 6.45) is 3.58. The highest BCUT2D eigenvalue weighted by atomic mass is 16.2. The fourth-order valence-electron chi connectivity index (χ4n) is 2.48. The predicted octanol–water partition coefficient (Wildman–Crippen LogP) is 0.773. The monoisotopic (exact) mass is 295 g/mol. The van der Waals surface area contributed by atoms with Crippen LogP contribution in [-0.2, 0) is 11.8 Å². The topological polar surface area (TPSA) is 62.2 Å². The van der Waals surface area contributed by atoms with E-state index in [9.17, 15) is 4.79 Å². The molecule has 0 saturated heterocycles. The van der Waals surface area contributed by atoms with Gasteiger partial charge in [0.15, 0.2) is 0 Å². The van der Waals surface area contributed by atoms with Crippen molar-refractivity contribution in [2.75, 3.05) is 27.7 Å². The van der Waals surface area contributed by atoms with Crippen LogP contribution in [0.5, 0.6) is 0 Å². The first kappa shape index (κ1) is 17.7. The molecule has 2 atom stereocenters. The average molecular weight is 295 g/mol. The molecule has 0 fully saturated rings. The maximum Gasteiger partial charge on any atom is 0.242 e. The number of aryl methyl sites for hydroxylation is 1. The lowest BCUT2D eigenvalue weighted by molar-refractivity contribution is -0.124. The molecule has 1 aromatic rings. The summed E-state index contributed by atoms with van der Waals surface area (Å²) >= 11 is 0. The van der Waals surface area contributed by atoms with Crippen molar-refractivity contribution in [3.05, 3.63) is 18.0 Å². The number of aromatic nitrogens is 2. The Kier molecular flexibility index (Phi) is 5.92. The summed E-state index contributed by atoms with van der Waals surface area (Å²) in [7, 11) is 7.72. The smallest absolute Gasteiger partial charge is 0.242 e.